The Morgan fingerprint density at radius 2 is 1.29 bits per heavy atom. The van der Waals surface area contributed by atoms with Gasteiger partial charge in [-0.15, -0.1) is 0 Å². The van der Waals surface area contributed by atoms with Gasteiger partial charge in [-0.1, -0.05) is 57.0 Å². The number of fused-ring (bicyclic) bond motifs is 15. The number of rotatable bonds is 17. The number of hydrogen-bond donors (Lipinski definition) is 18. The lowest BCUT2D eigenvalue weighted by Gasteiger charge is -2.54. The molecule has 0 spiro atoms. The van der Waals surface area contributed by atoms with Crippen LogP contribution in [0.3, 0.4) is 0 Å². The number of urea groups is 1. The molecular formula is C82H95ClN10O22. The Labute approximate surface area is 666 Å². The Balaban J connectivity index is 0.986. The van der Waals surface area contributed by atoms with E-state index in [9.17, 15) is 55.2 Å². The average Bonchev–Trinajstić information content (AvgIpc) is 0.760. The largest absolute Gasteiger partial charge is 0.508 e. The molecule has 0 unspecified atom stereocenters. The van der Waals surface area contributed by atoms with Crippen molar-refractivity contribution in [1.29, 1.82) is 0 Å². The molecule has 0 radical (unpaired) electrons. The van der Waals surface area contributed by atoms with E-state index < -0.39 is 180 Å². The van der Waals surface area contributed by atoms with Gasteiger partial charge in [0, 0.05) is 17.3 Å². The van der Waals surface area contributed by atoms with E-state index in [0.29, 0.717) is 24.2 Å². The van der Waals surface area contributed by atoms with E-state index >= 15 is 28.8 Å². The summed E-state index contributed by atoms with van der Waals surface area (Å²) in [6.45, 7) is 8.25. The van der Waals surface area contributed by atoms with Gasteiger partial charge in [-0.05, 0) is 225 Å². The third-order valence-electron chi connectivity index (χ3n) is 22.5. The minimum absolute atomic E-state index is 0.0366. The lowest BCUT2D eigenvalue weighted by Crippen LogP contribution is -2.60. The molecule has 1 saturated heterocycles. The van der Waals surface area contributed by atoms with E-state index in [2.05, 4.69) is 53.2 Å². The molecule has 0 aromatic heterocycles. The number of likely N-dealkylation sites (N-methyl/N-ethyl adjacent to an activating group) is 1. The second kappa shape index (κ2) is 34.8. The number of phenolic OH excluding ortho intramolecular Hbond substituents is 2. The molecule has 612 valence electrons. The molecule has 4 saturated carbocycles. The second-order valence-electron chi connectivity index (χ2n) is 31.2. The molecule has 15 bridgehead atoms. The zero-order valence-electron chi connectivity index (χ0n) is 63.8. The number of carbonyl (C=O) groups excluding carboxylic acids is 9. The third kappa shape index (κ3) is 17.9. The molecule has 4 aliphatic carbocycles. The Morgan fingerprint density at radius 3 is 1.94 bits per heavy atom. The van der Waals surface area contributed by atoms with E-state index in [1.807, 2.05) is 20.8 Å². The van der Waals surface area contributed by atoms with Crippen molar-refractivity contribution >= 4 is 70.6 Å². The van der Waals surface area contributed by atoms with Gasteiger partial charge in [0.15, 0.2) is 11.5 Å². The van der Waals surface area contributed by atoms with Gasteiger partial charge in [-0.3, -0.25) is 43.7 Å². The number of aliphatic hydroxyl groups excluding tert-OH is 6. The summed E-state index contributed by atoms with van der Waals surface area (Å²) in [6.07, 6.45) is -8.54. The molecule has 10 amide bonds. The number of nitrogens with one attached hydrogen (secondary N) is 10. The molecular weight excluding hydrogens is 1510 g/mol. The molecule has 6 aromatic carbocycles. The lowest BCUT2D eigenvalue weighted by atomic mass is 9.54. The quantitative estimate of drug-likeness (QED) is 0.0533. The van der Waals surface area contributed by atoms with Crippen LogP contribution in [0.1, 0.15) is 148 Å². The molecule has 32 nitrogen and oxygen atoms in total. The van der Waals surface area contributed by atoms with E-state index in [1.165, 1.54) is 92.8 Å². The van der Waals surface area contributed by atoms with Crippen LogP contribution in [0.15, 0.2) is 103 Å². The number of ether oxygens (including phenoxy) is 5. The minimum Gasteiger partial charge on any atom is -0.508 e. The maximum Gasteiger partial charge on any atom is 0.325 e. The fourth-order valence-corrected chi connectivity index (χ4v) is 17.1. The van der Waals surface area contributed by atoms with Gasteiger partial charge in [-0.2, -0.15) is 0 Å². The number of phenols is 2. The van der Waals surface area contributed by atoms with Crippen LogP contribution in [0, 0.1) is 43.4 Å². The number of imide groups is 1. The van der Waals surface area contributed by atoms with Gasteiger partial charge in [-0.25, -0.2) is 4.79 Å². The Morgan fingerprint density at radius 1 is 0.643 bits per heavy atom. The van der Waals surface area contributed by atoms with Crippen LogP contribution in [0.4, 0.5) is 10.5 Å². The van der Waals surface area contributed by atoms with Crippen molar-refractivity contribution in [3.8, 4) is 57.1 Å². The molecule has 10 aliphatic rings. The van der Waals surface area contributed by atoms with Gasteiger partial charge in [0.1, 0.15) is 102 Å². The Hall–Kier alpha value is -10.7. The first-order chi connectivity index (χ1) is 54.9. The van der Waals surface area contributed by atoms with E-state index in [4.69, 9.17) is 35.3 Å². The lowest BCUT2D eigenvalue weighted by molar-refractivity contribution is -0.277. The van der Waals surface area contributed by atoms with E-state index in [-0.39, 0.29) is 103 Å². The zero-order valence-corrected chi connectivity index (χ0v) is 64.6. The Bertz CT molecular complexity index is 4710. The van der Waals surface area contributed by atoms with Gasteiger partial charge < -0.3 is 112 Å². The van der Waals surface area contributed by atoms with Crippen molar-refractivity contribution in [2.24, 2.45) is 29.6 Å². The van der Waals surface area contributed by atoms with Crippen LogP contribution >= 0.6 is 11.6 Å². The topological polar surface area (TPSA) is 482 Å². The van der Waals surface area contributed by atoms with Crippen LogP contribution in [-0.4, -0.2) is 175 Å². The highest BCUT2D eigenvalue weighted by molar-refractivity contribution is 6.32. The first kappa shape index (κ1) is 82.3. The number of aromatic hydroxyl groups is 2. The van der Waals surface area contributed by atoms with Gasteiger partial charge >= 0.3 is 6.03 Å². The second-order valence-corrected chi connectivity index (χ2v) is 31.6. The summed E-state index contributed by atoms with van der Waals surface area (Å²) in [5.74, 6) is -10.6. The van der Waals surface area contributed by atoms with Crippen molar-refractivity contribution in [3.63, 3.8) is 0 Å². The molecule has 5 fully saturated rings. The molecule has 6 heterocycles. The smallest absolute Gasteiger partial charge is 0.325 e. The minimum atomic E-state index is -2.32. The average molecular weight is 1610 g/mol. The maximum absolute atomic E-state index is 16.5. The highest BCUT2D eigenvalue weighted by Crippen LogP contribution is 2.55. The first-order valence-corrected chi connectivity index (χ1v) is 38.9. The summed E-state index contributed by atoms with van der Waals surface area (Å²) >= 11 is 7.19. The number of unbranched alkanes of at least 4 members (excludes halogenated alkanes) is 1. The van der Waals surface area contributed by atoms with Gasteiger partial charge in [0.25, 0.3) is 0 Å². The fourth-order valence-electron chi connectivity index (χ4n) is 16.9. The number of aryl methyl sites for hydroxylation is 2. The summed E-state index contributed by atoms with van der Waals surface area (Å²) < 4.78 is 31.5. The monoisotopic (exact) mass is 1610 g/mol. The van der Waals surface area contributed by atoms with Crippen LogP contribution in [0.5, 0.6) is 46.0 Å². The summed E-state index contributed by atoms with van der Waals surface area (Å²) in [5, 5.41) is 119. The number of benzene rings is 6. The number of hydrogen-bond acceptors (Lipinski definition) is 23. The van der Waals surface area contributed by atoms with Crippen LogP contribution < -0.4 is 72.1 Å². The molecule has 115 heavy (non-hydrogen) atoms. The van der Waals surface area contributed by atoms with Crippen molar-refractivity contribution in [3.05, 3.63) is 147 Å². The molecule has 6 aromatic rings. The predicted molar refractivity (Wildman–Crippen MR) is 412 cm³/mol. The fraction of sp³-hybridized carbons (Fsp3) is 0.451. The van der Waals surface area contributed by atoms with Crippen LogP contribution in [0.2, 0.25) is 5.02 Å². The standard InChI is InChI=1S/C82H95ClN10O22/c1-7-8-19-111-48-14-12-46(13-15-48)85-82(110)87-60(97)33-53-75(104)89-64-45-30-57(112-55-17-10-41(21-36(55)4)68(98)66(79(108)86-53)92-74(103)52(84-6)20-35(2)3)73(115-81-72(102)71(101)70(100)59(34-94)114-81)58(31-45)113-56-18-11-42(29-51(56)83)69(99)67-80(109)91-65(78(107)88-62-43-24-38-23-39(26-43)27-44(62)25-38)50-32-47(95)22-37(5)61(50)49-28-40(9-16-54(49)96)63(76(105)93-67)90-77(64)106/h9-18,21-22,28-32,35,38-39,43-44,52-53,59,62-72,81,84,94-96,98-102H,7-8,19-20,23-27,33-34H2,1-6H3,(H,86,108)(H,88,107)(H,89,104)(H,90,106)(H,91,109)(H,92,103)(H,93,105)(H2,85,87,97,110)/t38?,39?,43?,44?,52-,53+,59-,62?,63+,64-,65+,66-,67+,68-,69-,70-,71+,72-,81+/m1/s1. The van der Waals surface area contributed by atoms with Crippen molar-refractivity contribution in [2.45, 2.75) is 184 Å². The molecule has 6 aliphatic heterocycles. The van der Waals surface area contributed by atoms with Gasteiger partial charge in [0.05, 0.1) is 30.7 Å². The molecule has 14 atom stereocenters. The zero-order chi connectivity index (χ0) is 82.1. The number of anilines is 1. The third-order valence-corrected chi connectivity index (χ3v) is 22.8. The van der Waals surface area contributed by atoms with Crippen molar-refractivity contribution < 1.29 is 108 Å². The van der Waals surface area contributed by atoms with Crippen LogP contribution in [-0.2, 0) is 43.1 Å². The van der Waals surface area contributed by atoms with E-state index in [1.54, 1.807) is 19.1 Å². The Kier molecular flexibility index (Phi) is 24.9. The summed E-state index contributed by atoms with van der Waals surface area (Å²) in [5.41, 5.74) is -0.238. The SMILES string of the molecule is CCCCOc1ccc(NC(=O)NC(=O)C[C@@H]2NC(=O)[C@H](NC(=O)[C@@H](CC(C)C)NC)[C@H](O)c3ccc(c(C)c3)Oc3cc4cc(c3O[C@@H]3O[C@H](CO)[C@@H](O)[C@H](O)[C@H]3O)Oc3ccc(cc3Cl)[C@@H](O)[C@@H]3NC(=O)[C@@H](NC(=O)[C@@H]4NC2=O)c2ccc(O)c(c2)-c2c(C)cc(O)cc2[C@@H](C(=O)NC2C4CC5CC(C4)CC2C5)NC3=O)cc1. The highest BCUT2D eigenvalue weighted by atomic mass is 35.5. The maximum atomic E-state index is 16.5. The van der Waals surface area contributed by atoms with Crippen molar-refractivity contribution in [2.75, 3.05) is 25.6 Å². The number of carbonyl (C=O) groups is 9. The normalized spacial score (nSPS) is 27.9. The summed E-state index contributed by atoms with van der Waals surface area (Å²) in [6, 6.07) is 7.34. The predicted octanol–water partition coefficient (Wildman–Crippen LogP) is 5.02. The van der Waals surface area contributed by atoms with Gasteiger partial charge in [0.2, 0.25) is 59.3 Å². The first-order valence-electron chi connectivity index (χ1n) is 38.5. The number of halogens is 1. The molecule has 33 heteroatoms. The summed E-state index contributed by atoms with van der Waals surface area (Å²) in [7, 11) is 1.50. The number of aliphatic hydroxyl groups is 6. The highest BCUT2D eigenvalue weighted by Gasteiger charge is 2.51. The summed E-state index contributed by atoms with van der Waals surface area (Å²) in [4.78, 5) is 138. The number of amides is 10. The van der Waals surface area contributed by atoms with Crippen molar-refractivity contribution in [1.82, 2.24) is 47.9 Å². The van der Waals surface area contributed by atoms with Crippen LogP contribution in [0.25, 0.3) is 11.1 Å². The molecule has 16 rings (SSSR count). The molecule has 18 N–H and O–H groups in total. The van der Waals surface area contributed by atoms with E-state index in [0.717, 1.165) is 57.1 Å².